The Labute approximate surface area is 157 Å². The second-order valence-electron chi connectivity index (χ2n) is 6.82. The number of fused-ring (bicyclic) bond motifs is 1. The number of aryl methyl sites for hydroxylation is 2. The average Bonchev–Trinajstić information content (AvgIpc) is 2.87. The van der Waals surface area contributed by atoms with Crippen LogP contribution in [0.1, 0.15) is 36.1 Å². The summed E-state index contributed by atoms with van der Waals surface area (Å²) in [6.45, 7) is -0.287. The largest absolute Gasteiger partial charge is 0.480 e. The molecule has 3 rings (SSSR count). The third-order valence-electron chi connectivity index (χ3n) is 4.73. The van der Waals surface area contributed by atoms with Gasteiger partial charge >= 0.3 is 5.97 Å². The van der Waals surface area contributed by atoms with E-state index >= 15 is 0 Å². The first kappa shape index (κ1) is 18.8. The number of hydrogen-bond donors (Lipinski definition) is 2. The van der Waals surface area contributed by atoms with E-state index in [2.05, 4.69) is 10.4 Å². The number of nitrogens with zero attached hydrogens (tertiary/aromatic N) is 2. The molecule has 1 atom stereocenters. The number of amides is 1. The topological polar surface area (TPSA) is 101 Å². The predicted molar refractivity (Wildman–Crippen MR) is 99.5 cm³/mol. The maximum atomic E-state index is 12.3. The summed E-state index contributed by atoms with van der Waals surface area (Å²) < 4.78 is 1.13. The standard InChI is InChI=1S/C20H23N3O4/c24-18(21-17(20(26)27)11-14-7-3-1-4-8-14)13-23-19(25)12-15-9-5-2-6-10-16(15)22-23/h1,3-4,7-8,12,17H,2,5-6,9-11,13H2,(H,21,24)(H,26,27). The number of carbonyl (C=O) groups excluding carboxylic acids is 1. The molecule has 0 bridgehead atoms. The predicted octanol–water partition coefficient (Wildman–Crippen LogP) is 1.32. The zero-order valence-electron chi connectivity index (χ0n) is 15.1. The lowest BCUT2D eigenvalue weighted by Gasteiger charge is -2.15. The van der Waals surface area contributed by atoms with Crippen LogP contribution in [0, 0.1) is 0 Å². The molecule has 1 aromatic heterocycles. The van der Waals surface area contributed by atoms with Crippen LogP contribution in [0.3, 0.4) is 0 Å². The van der Waals surface area contributed by atoms with Crippen LogP contribution in [0.2, 0.25) is 0 Å². The van der Waals surface area contributed by atoms with E-state index in [9.17, 15) is 19.5 Å². The van der Waals surface area contributed by atoms with Crippen LogP contribution >= 0.6 is 0 Å². The first-order valence-corrected chi connectivity index (χ1v) is 9.19. The zero-order valence-corrected chi connectivity index (χ0v) is 15.1. The molecule has 0 radical (unpaired) electrons. The van der Waals surface area contributed by atoms with Gasteiger partial charge in [-0.1, -0.05) is 36.8 Å². The summed E-state index contributed by atoms with van der Waals surface area (Å²) in [4.78, 5) is 36.1. The van der Waals surface area contributed by atoms with E-state index in [1.165, 1.54) is 0 Å². The van der Waals surface area contributed by atoms with Crippen molar-refractivity contribution in [2.75, 3.05) is 0 Å². The molecule has 0 saturated carbocycles. The van der Waals surface area contributed by atoms with Gasteiger partial charge in [-0.15, -0.1) is 0 Å². The van der Waals surface area contributed by atoms with Crippen LogP contribution in [-0.4, -0.2) is 32.8 Å². The highest BCUT2D eigenvalue weighted by atomic mass is 16.4. The van der Waals surface area contributed by atoms with Crippen LogP contribution in [0.5, 0.6) is 0 Å². The molecule has 1 aliphatic carbocycles. The minimum absolute atomic E-state index is 0.175. The summed E-state index contributed by atoms with van der Waals surface area (Å²) in [7, 11) is 0. The van der Waals surface area contributed by atoms with E-state index in [1.54, 1.807) is 18.2 Å². The SMILES string of the molecule is O=C(Cn1nc2c(cc1=O)CCCCC2)NC(Cc1ccccc1)C(=O)O. The number of benzene rings is 1. The van der Waals surface area contributed by atoms with Gasteiger partial charge in [0.05, 0.1) is 5.69 Å². The highest BCUT2D eigenvalue weighted by molar-refractivity contribution is 5.83. The normalized spacial score (nSPS) is 14.7. The van der Waals surface area contributed by atoms with Crippen molar-refractivity contribution in [2.24, 2.45) is 0 Å². The van der Waals surface area contributed by atoms with Crippen LogP contribution in [-0.2, 0) is 35.4 Å². The number of carboxylic acid groups (broad SMARTS) is 1. The summed E-state index contributed by atoms with van der Waals surface area (Å²) in [5, 5.41) is 16.2. The van der Waals surface area contributed by atoms with E-state index in [4.69, 9.17) is 0 Å². The fourth-order valence-corrected chi connectivity index (χ4v) is 3.32. The molecule has 0 aliphatic heterocycles. The Balaban J connectivity index is 1.69. The number of hydrogen-bond acceptors (Lipinski definition) is 4. The zero-order chi connectivity index (χ0) is 19.2. The van der Waals surface area contributed by atoms with Crippen molar-refractivity contribution in [3.8, 4) is 0 Å². The van der Waals surface area contributed by atoms with Crippen molar-refractivity contribution in [1.82, 2.24) is 15.1 Å². The minimum atomic E-state index is -1.12. The molecule has 0 spiro atoms. The summed E-state index contributed by atoms with van der Waals surface area (Å²) >= 11 is 0. The molecule has 2 N–H and O–H groups in total. The molecule has 7 heteroatoms. The molecule has 0 saturated heterocycles. The van der Waals surface area contributed by atoms with E-state index < -0.39 is 17.9 Å². The van der Waals surface area contributed by atoms with E-state index in [0.717, 1.165) is 53.6 Å². The first-order chi connectivity index (χ1) is 13.0. The van der Waals surface area contributed by atoms with Gasteiger partial charge in [-0.3, -0.25) is 9.59 Å². The number of aromatic nitrogens is 2. The van der Waals surface area contributed by atoms with Crippen LogP contribution in [0.25, 0.3) is 0 Å². The van der Waals surface area contributed by atoms with Crippen molar-refractivity contribution >= 4 is 11.9 Å². The van der Waals surface area contributed by atoms with Crippen molar-refractivity contribution in [3.63, 3.8) is 0 Å². The monoisotopic (exact) mass is 369 g/mol. The molecular formula is C20H23N3O4. The molecule has 1 heterocycles. The van der Waals surface area contributed by atoms with Gasteiger partial charge in [-0.2, -0.15) is 5.10 Å². The molecule has 142 valence electrons. The molecular weight excluding hydrogens is 346 g/mol. The molecule has 1 aromatic carbocycles. The van der Waals surface area contributed by atoms with Crippen LogP contribution in [0.4, 0.5) is 0 Å². The third kappa shape index (κ3) is 5.03. The quantitative estimate of drug-likeness (QED) is 0.748. The lowest BCUT2D eigenvalue weighted by atomic mass is 10.1. The van der Waals surface area contributed by atoms with Gasteiger partial charge in [-0.25, -0.2) is 9.48 Å². The average molecular weight is 369 g/mol. The van der Waals surface area contributed by atoms with Gasteiger partial charge in [-0.05, 0) is 36.8 Å². The molecule has 2 aromatic rings. The number of carbonyl (C=O) groups is 2. The van der Waals surface area contributed by atoms with Gasteiger partial charge in [0.15, 0.2) is 0 Å². The van der Waals surface area contributed by atoms with Gasteiger partial charge in [0.1, 0.15) is 12.6 Å². The fourth-order valence-electron chi connectivity index (χ4n) is 3.32. The molecule has 7 nitrogen and oxygen atoms in total. The number of nitrogens with one attached hydrogen (secondary N) is 1. The Hall–Kier alpha value is -2.96. The van der Waals surface area contributed by atoms with Crippen molar-refractivity contribution in [3.05, 3.63) is 63.6 Å². The maximum absolute atomic E-state index is 12.3. The Morgan fingerprint density at radius 3 is 2.63 bits per heavy atom. The van der Waals surface area contributed by atoms with Crippen LogP contribution < -0.4 is 10.9 Å². The Bertz CT molecular complexity index is 877. The van der Waals surface area contributed by atoms with Crippen molar-refractivity contribution < 1.29 is 14.7 Å². The lowest BCUT2D eigenvalue weighted by molar-refractivity contribution is -0.141. The Kier molecular flexibility index (Phi) is 6.01. The highest BCUT2D eigenvalue weighted by Gasteiger charge is 2.21. The van der Waals surface area contributed by atoms with E-state index in [0.29, 0.717) is 0 Å². The summed E-state index contributed by atoms with van der Waals surface area (Å²) in [5.74, 6) is -1.66. The molecule has 1 aliphatic rings. The molecule has 1 amide bonds. The lowest BCUT2D eigenvalue weighted by Crippen LogP contribution is -2.45. The van der Waals surface area contributed by atoms with Crippen molar-refractivity contribution in [2.45, 2.75) is 51.1 Å². The molecule has 1 unspecified atom stereocenters. The van der Waals surface area contributed by atoms with E-state index in [-0.39, 0.29) is 18.5 Å². The smallest absolute Gasteiger partial charge is 0.326 e. The first-order valence-electron chi connectivity index (χ1n) is 9.19. The minimum Gasteiger partial charge on any atom is -0.480 e. The Morgan fingerprint density at radius 1 is 1.15 bits per heavy atom. The van der Waals surface area contributed by atoms with Gasteiger partial charge < -0.3 is 10.4 Å². The highest BCUT2D eigenvalue weighted by Crippen LogP contribution is 2.16. The fraction of sp³-hybridized carbons (Fsp3) is 0.400. The second-order valence-corrected chi connectivity index (χ2v) is 6.82. The number of carboxylic acids is 1. The number of aliphatic carboxylic acids is 1. The third-order valence-corrected chi connectivity index (χ3v) is 4.73. The molecule has 27 heavy (non-hydrogen) atoms. The number of rotatable bonds is 6. The van der Waals surface area contributed by atoms with E-state index in [1.807, 2.05) is 18.2 Å². The van der Waals surface area contributed by atoms with Gasteiger partial charge in [0, 0.05) is 12.5 Å². The van der Waals surface area contributed by atoms with Gasteiger partial charge in [0.25, 0.3) is 5.56 Å². The maximum Gasteiger partial charge on any atom is 0.326 e. The Morgan fingerprint density at radius 2 is 1.89 bits per heavy atom. The summed E-state index contributed by atoms with van der Waals surface area (Å²) in [5.41, 5.74) is 2.30. The van der Waals surface area contributed by atoms with Gasteiger partial charge in [0.2, 0.25) is 5.91 Å². The van der Waals surface area contributed by atoms with Crippen molar-refractivity contribution in [1.29, 1.82) is 0 Å². The second kappa shape index (κ2) is 8.62. The summed E-state index contributed by atoms with van der Waals surface area (Å²) in [6.07, 6.45) is 4.96. The summed E-state index contributed by atoms with van der Waals surface area (Å²) in [6, 6.07) is 9.58. The molecule has 0 fully saturated rings. The van der Waals surface area contributed by atoms with Crippen LogP contribution in [0.15, 0.2) is 41.2 Å².